The average Bonchev–Trinajstić information content (AvgIpc) is 2.59. The first kappa shape index (κ1) is 19.4. The summed E-state index contributed by atoms with van der Waals surface area (Å²) < 4.78 is 5.53. The summed E-state index contributed by atoms with van der Waals surface area (Å²) in [5.74, 6) is 0.243. The highest BCUT2D eigenvalue weighted by Crippen LogP contribution is 2.23. The molecule has 0 aromatic heterocycles. The molecule has 25 heavy (non-hydrogen) atoms. The van der Waals surface area contributed by atoms with Gasteiger partial charge in [0, 0.05) is 25.8 Å². The summed E-state index contributed by atoms with van der Waals surface area (Å²) in [6.45, 7) is 5.98. The largest absolute Gasteiger partial charge is 0.368 e. The Kier molecular flexibility index (Phi) is 6.96. The molecule has 6 heteroatoms. The molecule has 2 rings (SSSR count). The van der Waals surface area contributed by atoms with E-state index in [0.29, 0.717) is 31.7 Å². The van der Waals surface area contributed by atoms with Gasteiger partial charge in [0.1, 0.15) is 5.60 Å². The number of rotatable bonds is 7. The third kappa shape index (κ3) is 5.54. The van der Waals surface area contributed by atoms with Crippen molar-refractivity contribution in [2.45, 2.75) is 45.3 Å². The number of nitrogens with one attached hydrogen (secondary N) is 3. The molecule has 1 heterocycles. The molecule has 0 saturated carbocycles. The van der Waals surface area contributed by atoms with Crippen LogP contribution in [0, 0.1) is 5.92 Å². The first-order valence-corrected chi connectivity index (χ1v) is 8.88. The standard InChI is InChI=1S/C19H29N3O3/c1-14(2)11-17(23)22-16-6-4-5-15(12-16)13-21-18(24)19(25-3)7-9-20-10-8-19/h4-6,12,14,20H,7-11,13H2,1-3H3,(H,21,24)(H,22,23). The lowest BCUT2D eigenvalue weighted by Gasteiger charge is -2.34. The second kappa shape index (κ2) is 8.97. The van der Waals surface area contributed by atoms with Crippen molar-refractivity contribution in [3.05, 3.63) is 29.8 Å². The van der Waals surface area contributed by atoms with Gasteiger partial charge in [0.15, 0.2) is 0 Å². The maximum atomic E-state index is 12.6. The van der Waals surface area contributed by atoms with E-state index < -0.39 is 5.60 Å². The van der Waals surface area contributed by atoms with Crippen molar-refractivity contribution in [2.75, 3.05) is 25.5 Å². The van der Waals surface area contributed by atoms with Crippen LogP contribution in [0.3, 0.4) is 0 Å². The SMILES string of the molecule is COC1(C(=O)NCc2cccc(NC(=O)CC(C)C)c2)CCNCC1. The molecule has 0 unspecified atom stereocenters. The van der Waals surface area contributed by atoms with Gasteiger partial charge in [0.25, 0.3) is 5.91 Å². The Morgan fingerprint density at radius 1 is 1.28 bits per heavy atom. The number of carbonyl (C=O) groups is 2. The van der Waals surface area contributed by atoms with Gasteiger partial charge in [0.2, 0.25) is 5.91 Å². The van der Waals surface area contributed by atoms with Crippen LogP contribution in [0.4, 0.5) is 5.69 Å². The minimum Gasteiger partial charge on any atom is -0.368 e. The van der Waals surface area contributed by atoms with Gasteiger partial charge < -0.3 is 20.7 Å². The minimum atomic E-state index is -0.742. The van der Waals surface area contributed by atoms with E-state index in [2.05, 4.69) is 16.0 Å². The number of hydrogen-bond acceptors (Lipinski definition) is 4. The molecule has 3 N–H and O–H groups in total. The zero-order chi connectivity index (χ0) is 18.3. The molecule has 0 bridgehead atoms. The molecule has 1 saturated heterocycles. The molecule has 1 aliphatic rings. The maximum absolute atomic E-state index is 12.6. The molecule has 0 aliphatic carbocycles. The van der Waals surface area contributed by atoms with Crippen LogP contribution in [0.15, 0.2) is 24.3 Å². The predicted molar refractivity (Wildman–Crippen MR) is 98.2 cm³/mol. The van der Waals surface area contributed by atoms with Crippen molar-refractivity contribution in [1.82, 2.24) is 10.6 Å². The Balaban J connectivity index is 1.93. The van der Waals surface area contributed by atoms with Crippen LogP contribution in [-0.4, -0.2) is 37.6 Å². The number of piperidine rings is 1. The molecule has 1 fully saturated rings. The Bertz CT molecular complexity index is 595. The van der Waals surface area contributed by atoms with E-state index in [-0.39, 0.29) is 11.8 Å². The molecule has 138 valence electrons. The number of anilines is 1. The van der Waals surface area contributed by atoms with Gasteiger partial charge >= 0.3 is 0 Å². The zero-order valence-corrected chi connectivity index (χ0v) is 15.4. The van der Waals surface area contributed by atoms with E-state index in [4.69, 9.17) is 4.74 Å². The van der Waals surface area contributed by atoms with Crippen molar-refractivity contribution in [3.63, 3.8) is 0 Å². The van der Waals surface area contributed by atoms with Crippen molar-refractivity contribution in [1.29, 1.82) is 0 Å². The number of benzene rings is 1. The normalized spacial score (nSPS) is 16.5. The van der Waals surface area contributed by atoms with E-state index in [1.807, 2.05) is 38.1 Å². The lowest BCUT2D eigenvalue weighted by atomic mass is 9.91. The molecule has 1 aliphatic heterocycles. The van der Waals surface area contributed by atoms with Gasteiger partial charge in [-0.1, -0.05) is 26.0 Å². The topological polar surface area (TPSA) is 79.5 Å². The van der Waals surface area contributed by atoms with Gasteiger partial charge in [0.05, 0.1) is 0 Å². The fourth-order valence-electron chi connectivity index (χ4n) is 3.04. The summed E-state index contributed by atoms with van der Waals surface area (Å²) >= 11 is 0. The molecular weight excluding hydrogens is 318 g/mol. The zero-order valence-electron chi connectivity index (χ0n) is 15.4. The van der Waals surface area contributed by atoms with Crippen LogP contribution in [0.1, 0.15) is 38.7 Å². The van der Waals surface area contributed by atoms with Crippen LogP contribution in [-0.2, 0) is 20.9 Å². The Morgan fingerprint density at radius 3 is 2.64 bits per heavy atom. The predicted octanol–water partition coefficient (Wildman–Crippen LogP) is 2.06. The molecule has 0 spiro atoms. The number of methoxy groups -OCH3 is 1. The van der Waals surface area contributed by atoms with Crippen LogP contribution in [0.25, 0.3) is 0 Å². The van der Waals surface area contributed by atoms with E-state index in [1.165, 1.54) is 0 Å². The first-order chi connectivity index (χ1) is 11.9. The second-order valence-electron chi connectivity index (χ2n) is 6.98. The monoisotopic (exact) mass is 347 g/mol. The minimum absolute atomic E-state index is 0.00391. The van der Waals surface area contributed by atoms with Crippen LogP contribution >= 0.6 is 0 Å². The second-order valence-corrected chi connectivity index (χ2v) is 6.98. The molecule has 2 amide bonds. The van der Waals surface area contributed by atoms with Gasteiger partial charge in [-0.15, -0.1) is 0 Å². The van der Waals surface area contributed by atoms with E-state index in [9.17, 15) is 9.59 Å². The Hall–Kier alpha value is -1.92. The van der Waals surface area contributed by atoms with E-state index in [1.54, 1.807) is 7.11 Å². The van der Waals surface area contributed by atoms with Crippen LogP contribution in [0.2, 0.25) is 0 Å². The van der Waals surface area contributed by atoms with E-state index in [0.717, 1.165) is 24.3 Å². The number of ether oxygens (including phenoxy) is 1. The lowest BCUT2D eigenvalue weighted by Crippen LogP contribution is -2.53. The fraction of sp³-hybridized carbons (Fsp3) is 0.579. The van der Waals surface area contributed by atoms with Gasteiger partial charge in [-0.2, -0.15) is 0 Å². The number of amides is 2. The first-order valence-electron chi connectivity index (χ1n) is 8.88. The fourth-order valence-corrected chi connectivity index (χ4v) is 3.04. The summed E-state index contributed by atoms with van der Waals surface area (Å²) in [5, 5.41) is 9.11. The summed E-state index contributed by atoms with van der Waals surface area (Å²) in [6, 6.07) is 7.55. The average molecular weight is 347 g/mol. The van der Waals surface area contributed by atoms with Crippen molar-refractivity contribution in [3.8, 4) is 0 Å². The smallest absolute Gasteiger partial charge is 0.252 e. The number of hydrogen-bond donors (Lipinski definition) is 3. The highest BCUT2D eigenvalue weighted by molar-refractivity contribution is 5.91. The van der Waals surface area contributed by atoms with Crippen molar-refractivity contribution < 1.29 is 14.3 Å². The lowest BCUT2D eigenvalue weighted by molar-refractivity contribution is -0.146. The Labute approximate surface area is 149 Å². The summed E-state index contributed by atoms with van der Waals surface area (Å²) in [5.41, 5.74) is 0.950. The van der Waals surface area contributed by atoms with Crippen molar-refractivity contribution >= 4 is 17.5 Å². The molecule has 6 nitrogen and oxygen atoms in total. The molecule has 1 aromatic rings. The van der Waals surface area contributed by atoms with Crippen molar-refractivity contribution in [2.24, 2.45) is 5.92 Å². The molecule has 1 aromatic carbocycles. The quantitative estimate of drug-likeness (QED) is 0.705. The maximum Gasteiger partial charge on any atom is 0.252 e. The third-order valence-electron chi connectivity index (χ3n) is 4.47. The molecule has 0 radical (unpaired) electrons. The third-order valence-corrected chi connectivity index (χ3v) is 4.47. The van der Waals surface area contributed by atoms with Gasteiger partial charge in [-0.05, 0) is 49.5 Å². The van der Waals surface area contributed by atoms with Gasteiger partial charge in [-0.3, -0.25) is 9.59 Å². The highest BCUT2D eigenvalue weighted by Gasteiger charge is 2.39. The summed E-state index contributed by atoms with van der Waals surface area (Å²) in [6.07, 6.45) is 1.83. The summed E-state index contributed by atoms with van der Waals surface area (Å²) in [7, 11) is 1.59. The summed E-state index contributed by atoms with van der Waals surface area (Å²) in [4.78, 5) is 24.5. The molecule has 0 atom stereocenters. The van der Waals surface area contributed by atoms with E-state index >= 15 is 0 Å². The molecular formula is C19H29N3O3. The Morgan fingerprint density at radius 2 is 2.00 bits per heavy atom. The van der Waals surface area contributed by atoms with Gasteiger partial charge in [-0.25, -0.2) is 0 Å². The van der Waals surface area contributed by atoms with Crippen LogP contribution in [0.5, 0.6) is 0 Å². The van der Waals surface area contributed by atoms with Crippen LogP contribution < -0.4 is 16.0 Å². The highest BCUT2D eigenvalue weighted by atomic mass is 16.5. The number of carbonyl (C=O) groups excluding carboxylic acids is 2.